The van der Waals surface area contributed by atoms with Crippen LogP contribution in [0.15, 0.2) is 48.3 Å². The van der Waals surface area contributed by atoms with Crippen LogP contribution in [-0.4, -0.2) is 19.9 Å². The SMILES string of the molecule is [C-]#[N+]C1=C(c2cnc(F)nc2)/C(=C(/C#N)[N+]#[C-])c2cc3c(cc21)C(C#N)=C(c1cnc(F)nc1)/C3=C(\C#N)[N+]#[C-]. The molecule has 0 aliphatic heterocycles. The third-order valence-corrected chi connectivity index (χ3v) is 6.16. The topological polar surface area (TPSA) is 136 Å². The smallest absolute Gasteiger partial charge is 0.237 e. The van der Waals surface area contributed by atoms with Crippen molar-refractivity contribution in [3.05, 3.63) is 128 Å². The zero-order valence-corrected chi connectivity index (χ0v) is 19.7. The van der Waals surface area contributed by atoms with Gasteiger partial charge in [-0.25, -0.2) is 45.0 Å². The van der Waals surface area contributed by atoms with Crippen molar-refractivity contribution in [2.45, 2.75) is 0 Å². The highest BCUT2D eigenvalue weighted by Crippen LogP contribution is 2.54. The minimum Gasteiger partial charge on any atom is -0.237 e. The monoisotopic (exact) mass is 520 g/mol. The van der Waals surface area contributed by atoms with Crippen LogP contribution in [0.4, 0.5) is 8.78 Å². The van der Waals surface area contributed by atoms with Gasteiger partial charge in [0.25, 0.3) is 11.4 Å². The van der Waals surface area contributed by atoms with Crippen molar-refractivity contribution in [3.8, 4) is 18.2 Å². The summed E-state index contributed by atoms with van der Waals surface area (Å²) in [6, 6.07) is 8.67. The lowest BCUT2D eigenvalue weighted by molar-refractivity contribution is 0.537. The maximum Gasteiger partial charge on any atom is 0.308 e. The minimum absolute atomic E-state index is 0.00789. The molecule has 0 atom stereocenters. The Balaban J connectivity index is 1.93. The Kier molecular flexibility index (Phi) is 5.92. The fourth-order valence-corrected chi connectivity index (χ4v) is 4.65. The Bertz CT molecular complexity index is 1880. The van der Waals surface area contributed by atoms with Gasteiger partial charge < -0.3 is 0 Å². The summed E-state index contributed by atoms with van der Waals surface area (Å²) in [5.74, 6) is 0. The summed E-state index contributed by atoms with van der Waals surface area (Å²) in [5, 5.41) is 29.7. The molecule has 2 heterocycles. The van der Waals surface area contributed by atoms with Gasteiger partial charge in [0, 0.05) is 47.1 Å². The van der Waals surface area contributed by atoms with E-state index in [2.05, 4.69) is 40.5 Å². The van der Waals surface area contributed by atoms with Gasteiger partial charge in [-0.2, -0.15) is 14.0 Å². The van der Waals surface area contributed by atoms with Crippen LogP contribution in [0.5, 0.6) is 0 Å². The summed E-state index contributed by atoms with van der Waals surface area (Å²) in [5.41, 5.74) is 0.899. The van der Waals surface area contributed by atoms with Crippen LogP contribution in [0.25, 0.3) is 48.1 Å². The Morgan fingerprint density at radius 2 is 1.12 bits per heavy atom. The summed E-state index contributed by atoms with van der Waals surface area (Å²) in [6.07, 6.45) is 2.43. The van der Waals surface area contributed by atoms with E-state index in [0.717, 1.165) is 24.8 Å². The number of aromatic nitrogens is 4. The molecule has 182 valence electrons. The van der Waals surface area contributed by atoms with Gasteiger partial charge in [0.2, 0.25) is 5.70 Å². The maximum atomic E-state index is 13.5. The third-order valence-electron chi connectivity index (χ3n) is 6.16. The number of nitriles is 3. The molecule has 0 bridgehead atoms. The van der Waals surface area contributed by atoms with Crippen LogP contribution in [0, 0.1) is 65.9 Å². The predicted octanol–water partition coefficient (Wildman–Crippen LogP) is 5.10. The van der Waals surface area contributed by atoms with Gasteiger partial charge in [-0.15, -0.1) is 0 Å². The molecule has 0 amide bonds. The third kappa shape index (κ3) is 3.56. The van der Waals surface area contributed by atoms with E-state index in [0.29, 0.717) is 0 Å². The molecule has 0 radical (unpaired) electrons. The highest BCUT2D eigenvalue weighted by Gasteiger charge is 2.37. The van der Waals surface area contributed by atoms with E-state index in [1.54, 1.807) is 0 Å². The Labute approximate surface area is 224 Å². The van der Waals surface area contributed by atoms with Crippen molar-refractivity contribution in [1.82, 2.24) is 19.9 Å². The van der Waals surface area contributed by atoms with Crippen LogP contribution in [0.1, 0.15) is 33.4 Å². The van der Waals surface area contributed by atoms with Gasteiger partial charge in [0.15, 0.2) is 0 Å². The second-order valence-corrected chi connectivity index (χ2v) is 8.02. The van der Waals surface area contributed by atoms with Crippen molar-refractivity contribution < 1.29 is 8.78 Å². The molecule has 2 aliphatic carbocycles. The van der Waals surface area contributed by atoms with Crippen LogP contribution in [-0.2, 0) is 0 Å². The van der Waals surface area contributed by atoms with Crippen LogP contribution in [0.2, 0.25) is 0 Å². The molecule has 5 rings (SSSR count). The van der Waals surface area contributed by atoms with Crippen molar-refractivity contribution in [3.63, 3.8) is 0 Å². The molecule has 0 unspecified atom stereocenters. The molecular weight excluding hydrogens is 514 g/mol. The van der Waals surface area contributed by atoms with Gasteiger partial charge in [-0.05, 0) is 39.5 Å². The first-order valence-electron chi connectivity index (χ1n) is 10.9. The van der Waals surface area contributed by atoms with E-state index in [-0.39, 0.29) is 78.3 Å². The number of rotatable bonds is 2. The number of benzene rings is 1. The normalized spacial score (nSPS) is 15.5. The van der Waals surface area contributed by atoms with Gasteiger partial charge in [0.1, 0.15) is 6.07 Å². The molecule has 10 nitrogen and oxygen atoms in total. The molecule has 3 aromatic rings. The molecule has 0 saturated heterocycles. The van der Waals surface area contributed by atoms with E-state index >= 15 is 0 Å². The number of hydrogen-bond acceptors (Lipinski definition) is 7. The minimum atomic E-state index is -1.02. The standard InChI is InChI=1S/C28H6F2N10/c1-34-20(7-32)24-16-5-17-18(4-15(16)19(6-31)22(24)13-9-37-27(29)38-10-13)26(36-3)23(25(17)21(8-33)35-2)14-11-39-28(30)40-12-14/h4-5,9-12H/b24-20+,25-21-. The van der Waals surface area contributed by atoms with Gasteiger partial charge in [0.05, 0.1) is 37.4 Å². The molecule has 0 saturated carbocycles. The molecule has 12 heteroatoms. The number of fused-ring (bicyclic) bond motifs is 2. The van der Waals surface area contributed by atoms with E-state index < -0.39 is 12.2 Å². The average molecular weight is 520 g/mol. The zero-order valence-electron chi connectivity index (χ0n) is 19.7. The summed E-state index contributed by atoms with van der Waals surface area (Å²) in [6.45, 7) is 23.1. The molecule has 2 aliphatic rings. The molecule has 1 aromatic carbocycles. The van der Waals surface area contributed by atoms with Crippen LogP contribution in [0.3, 0.4) is 0 Å². The first kappa shape index (κ1) is 24.8. The van der Waals surface area contributed by atoms with E-state index in [9.17, 15) is 24.6 Å². The largest absolute Gasteiger partial charge is 0.308 e. The van der Waals surface area contributed by atoms with Crippen molar-refractivity contribution >= 4 is 33.6 Å². The zero-order chi connectivity index (χ0) is 28.6. The fraction of sp³-hybridized carbons (Fsp3) is 0. The second kappa shape index (κ2) is 9.55. The Morgan fingerprint density at radius 1 is 0.675 bits per heavy atom. The number of allylic oxidation sites excluding steroid dienone is 7. The maximum absolute atomic E-state index is 13.5. The lowest BCUT2D eigenvalue weighted by Gasteiger charge is -2.12. The van der Waals surface area contributed by atoms with Crippen LogP contribution >= 0.6 is 0 Å². The molecule has 0 spiro atoms. The number of halogens is 2. The number of hydrogen-bond donors (Lipinski definition) is 0. The summed E-state index contributed by atoms with van der Waals surface area (Å²) >= 11 is 0. The summed E-state index contributed by atoms with van der Waals surface area (Å²) < 4.78 is 27.0. The fourth-order valence-electron chi connectivity index (χ4n) is 4.65. The quantitative estimate of drug-likeness (QED) is 0.260. The van der Waals surface area contributed by atoms with Crippen molar-refractivity contribution in [2.75, 3.05) is 0 Å². The molecule has 2 aromatic heterocycles. The lowest BCUT2D eigenvalue weighted by Crippen LogP contribution is -1.96. The average Bonchev–Trinajstić information content (AvgIpc) is 3.46. The van der Waals surface area contributed by atoms with Gasteiger partial charge >= 0.3 is 12.2 Å². The molecule has 40 heavy (non-hydrogen) atoms. The van der Waals surface area contributed by atoms with Crippen molar-refractivity contribution in [1.29, 1.82) is 15.8 Å². The Morgan fingerprint density at radius 3 is 1.57 bits per heavy atom. The first-order chi connectivity index (χ1) is 19.4. The summed E-state index contributed by atoms with van der Waals surface area (Å²) in [4.78, 5) is 24.4. The summed E-state index contributed by atoms with van der Waals surface area (Å²) in [7, 11) is 0. The van der Waals surface area contributed by atoms with E-state index in [1.165, 1.54) is 12.1 Å². The van der Waals surface area contributed by atoms with Crippen molar-refractivity contribution in [2.24, 2.45) is 0 Å². The predicted molar refractivity (Wildman–Crippen MR) is 135 cm³/mol. The van der Waals surface area contributed by atoms with Crippen LogP contribution < -0.4 is 0 Å². The first-order valence-corrected chi connectivity index (χ1v) is 10.9. The highest BCUT2D eigenvalue weighted by atomic mass is 19.1. The molecule has 0 N–H and O–H groups in total. The highest BCUT2D eigenvalue weighted by molar-refractivity contribution is 6.28. The molecular formula is C28H6F2N10. The second-order valence-electron chi connectivity index (χ2n) is 8.02. The number of nitrogens with zero attached hydrogens (tertiary/aromatic N) is 10. The molecule has 0 fully saturated rings. The lowest BCUT2D eigenvalue weighted by atomic mass is 9.92. The Hall–Kier alpha value is -6.86. The van der Waals surface area contributed by atoms with Gasteiger partial charge in [-0.3, -0.25) is 0 Å². The van der Waals surface area contributed by atoms with E-state index in [1.807, 2.05) is 12.1 Å². The van der Waals surface area contributed by atoms with E-state index in [4.69, 9.17) is 19.7 Å². The van der Waals surface area contributed by atoms with Gasteiger partial charge in [-0.1, -0.05) is 6.07 Å².